The van der Waals surface area contributed by atoms with Crippen LogP contribution in [0.1, 0.15) is 36.2 Å². The molecule has 5 nitrogen and oxygen atoms in total. The molecule has 1 atom stereocenters. The maximum absolute atomic E-state index is 12.2. The normalized spacial score (nSPS) is 11.8. The summed E-state index contributed by atoms with van der Waals surface area (Å²) in [6, 6.07) is 21.6. The van der Waals surface area contributed by atoms with E-state index in [4.69, 9.17) is 14.2 Å². The van der Waals surface area contributed by atoms with Crippen LogP contribution < -0.4 is 14.2 Å². The van der Waals surface area contributed by atoms with E-state index in [1.54, 1.807) is 49.7 Å². The molecule has 0 N–H and O–H groups in total. The third-order valence-electron chi connectivity index (χ3n) is 4.53. The zero-order valence-electron chi connectivity index (χ0n) is 17.4. The van der Waals surface area contributed by atoms with Crippen LogP contribution in [0.2, 0.25) is 0 Å². The van der Waals surface area contributed by atoms with Crippen molar-refractivity contribution in [1.29, 1.82) is 0 Å². The Bertz CT molecular complexity index is 977. The molecule has 0 spiro atoms. The minimum Gasteiger partial charge on any atom is -0.497 e. The Morgan fingerprint density at radius 3 is 2.10 bits per heavy atom. The van der Waals surface area contributed by atoms with Crippen molar-refractivity contribution in [3.8, 4) is 17.2 Å². The number of carbonyl (C=O) groups excluding carboxylic acids is 1. The van der Waals surface area contributed by atoms with Gasteiger partial charge in [-0.3, -0.25) is 4.99 Å². The summed E-state index contributed by atoms with van der Waals surface area (Å²) in [5.41, 5.74) is 2.20. The molecule has 0 aromatic heterocycles. The average molecular weight is 403 g/mol. The van der Waals surface area contributed by atoms with E-state index in [1.807, 2.05) is 43.3 Å². The summed E-state index contributed by atoms with van der Waals surface area (Å²) < 4.78 is 16.3. The van der Waals surface area contributed by atoms with Crippen molar-refractivity contribution >= 4 is 17.9 Å². The molecule has 0 amide bonds. The van der Waals surface area contributed by atoms with Crippen molar-refractivity contribution < 1.29 is 19.0 Å². The van der Waals surface area contributed by atoms with Gasteiger partial charge in [-0.1, -0.05) is 6.92 Å². The van der Waals surface area contributed by atoms with E-state index in [1.165, 1.54) is 0 Å². The topological polar surface area (TPSA) is 57.1 Å². The summed E-state index contributed by atoms with van der Waals surface area (Å²) in [6.07, 6.45) is 2.92. The standard InChI is InChI=1S/C25H25NO4/c1-4-18(2)29-23-15-9-21(10-16-23)26-17-19-5-11-24(12-6-19)30-25(27)20-7-13-22(28-3)14-8-20/h5-18H,4H2,1-3H3/t18-/m0/s1. The molecule has 0 saturated heterocycles. The molecule has 3 aromatic carbocycles. The first-order valence-corrected chi connectivity index (χ1v) is 9.84. The van der Waals surface area contributed by atoms with Crippen molar-refractivity contribution in [2.24, 2.45) is 4.99 Å². The smallest absolute Gasteiger partial charge is 0.343 e. The molecule has 0 unspecified atom stereocenters. The lowest BCUT2D eigenvalue weighted by molar-refractivity contribution is 0.0734. The summed E-state index contributed by atoms with van der Waals surface area (Å²) in [7, 11) is 1.58. The number of aliphatic imine (C=N–C) groups is 1. The third kappa shape index (κ3) is 5.95. The Hall–Kier alpha value is -3.60. The van der Waals surface area contributed by atoms with Gasteiger partial charge < -0.3 is 14.2 Å². The summed E-state index contributed by atoms with van der Waals surface area (Å²) in [4.78, 5) is 16.7. The van der Waals surface area contributed by atoms with Crippen LogP contribution in [0.4, 0.5) is 5.69 Å². The molecule has 0 fully saturated rings. The highest BCUT2D eigenvalue weighted by Crippen LogP contribution is 2.20. The van der Waals surface area contributed by atoms with Crippen LogP contribution in [-0.2, 0) is 0 Å². The van der Waals surface area contributed by atoms with Gasteiger partial charge in [0.15, 0.2) is 0 Å². The fourth-order valence-electron chi connectivity index (χ4n) is 2.59. The summed E-state index contributed by atoms with van der Waals surface area (Å²) >= 11 is 0. The molecule has 3 rings (SSSR count). The van der Waals surface area contributed by atoms with Crippen LogP contribution in [0.3, 0.4) is 0 Å². The van der Waals surface area contributed by atoms with Gasteiger partial charge in [-0.05, 0) is 91.7 Å². The average Bonchev–Trinajstić information content (AvgIpc) is 2.79. The van der Waals surface area contributed by atoms with E-state index in [2.05, 4.69) is 11.9 Å². The van der Waals surface area contributed by atoms with E-state index in [0.29, 0.717) is 17.1 Å². The van der Waals surface area contributed by atoms with Gasteiger partial charge in [-0.25, -0.2) is 4.79 Å². The molecule has 30 heavy (non-hydrogen) atoms. The summed E-state index contributed by atoms with van der Waals surface area (Å²) in [5.74, 6) is 1.58. The molecule has 0 saturated carbocycles. The zero-order valence-corrected chi connectivity index (χ0v) is 17.4. The maximum Gasteiger partial charge on any atom is 0.343 e. The Morgan fingerprint density at radius 2 is 1.50 bits per heavy atom. The van der Waals surface area contributed by atoms with Gasteiger partial charge in [0.1, 0.15) is 17.2 Å². The van der Waals surface area contributed by atoms with Crippen LogP contribution in [0, 0.1) is 0 Å². The highest BCUT2D eigenvalue weighted by molar-refractivity contribution is 5.91. The first-order chi connectivity index (χ1) is 14.6. The highest BCUT2D eigenvalue weighted by Gasteiger charge is 2.08. The third-order valence-corrected chi connectivity index (χ3v) is 4.53. The van der Waals surface area contributed by atoms with Gasteiger partial charge in [0, 0.05) is 6.21 Å². The molecule has 5 heteroatoms. The fourth-order valence-corrected chi connectivity index (χ4v) is 2.59. The van der Waals surface area contributed by atoms with E-state index in [-0.39, 0.29) is 6.10 Å². The van der Waals surface area contributed by atoms with Crippen LogP contribution in [0.5, 0.6) is 17.2 Å². The number of methoxy groups -OCH3 is 1. The number of hydrogen-bond donors (Lipinski definition) is 0. The van der Waals surface area contributed by atoms with E-state index < -0.39 is 5.97 Å². The lowest BCUT2D eigenvalue weighted by Crippen LogP contribution is -2.09. The second-order valence-corrected chi connectivity index (χ2v) is 6.78. The van der Waals surface area contributed by atoms with Crippen LogP contribution in [0.25, 0.3) is 0 Å². The van der Waals surface area contributed by atoms with Crippen molar-refractivity contribution in [3.63, 3.8) is 0 Å². The number of hydrogen-bond acceptors (Lipinski definition) is 5. The molecular weight excluding hydrogens is 378 g/mol. The Kier molecular flexibility index (Phi) is 7.22. The molecule has 0 heterocycles. The van der Waals surface area contributed by atoms with Crippen LogP contribution >= 0.6 is 0 Å². The molecule has 3 aromatic rings. The molecule has 0 aliphatic heterocycles. The van der Waals surface area contributed by atoms with Gasteiger partial charge in [0.05, 0.1) is 24.5 Å². The van der Waals surface area contributed by atoms with Crippen LogP contribution in [0.15, 0.2) is 77.8 Å². The second kappa shape index (κ2) is 10.3. The lowest BCUT2D eigenvalue weighted by Gasteiger charge is -2.12. The fraction of sp³-hybridized carbons (Fsp3) is 0.200. The van der Waals surface area contributed by atoms with Gasteiger partial charge in [0.2, 0.25) is 0 Å². The van der Waals surface area contributed by atoms with Gasteiger partial charge in [-0.2, -0.15) is 0 Å². The van der Waals surface area contributed by atoms with Crippen molar-refractivity contribution in [3.05, 3.63) is 83.9 Å². The summed E-state index contributed by atoms with van der Waals surface area (Å²) in [6.45, 7) is 4.14. The number of ether oxygens (including phenoxy) is 3. The first-order valence-electron chi connectivity index (χ1n) is 9.84. The maximum atomic E-state index is 12.2. The van der Waals surface area contributed by atoms with E-state index >= 15 is 0 Å². The van der Waals surface area contributed by atoms with Crippen molar-refractivity contribution in [2.75, 3.05) is 7.11 Å². The number of rotatable bonds is 8. The molecule has 154 valence electrons. The summed E-state index contributed by atoms with van der Waals surface area (Å²) in [5, 5.41) is 0. The Balaban J connectivity index is 1.57. The SMILES string of the molecule is CC[C@H](C)Oc1ccc(N=Cc2ccc(OC(=O)c3ccc(OC)cc3)cc2)cc1. The molecular formula is C25H25NO4. The number of nitrogens with zero attached hydrogens (tertiary/aromatic N) is 1. The van der Waals surface area contributed by atoms with Crippen molar-refractivity contribution in [2.45, 2.75) is 26.4 Å². The van der Waals surface area contributed by atoms with Gasteiger partial charge in [-0.15, -0.1) is 0 Å². The minimum absolute atomic E-state index is 0.191. The Morgan fingerprint density at radius 1 is 0.900 bits per heavy atom. The van der Waals surface area contributed by atoms with Crippen molar-refractivity contribution in [1.82, 2.24) is 0 Å². The minimum atomic E-state index is -0.418. The number of carbonyl (C=O) groups is 1. The first kappa shape index (κ1) is 21.1. The highest BCUT2D eigenvalue weighted by atomic mass is 16.5. The zero-order chi connectivity index (χ0) is 21.3. The molecule has 0 bridgehead atoms. The molecule has 0 aliphatic rings. The van der Waals surface area contributed by atoms with E-state index in [9.17, 15) is 4.79 Å². The molecule has 0 aliphatic carbocycles. The predicted molar refractivity (Wildman–Crippen MR) is 118 cm³/mol. The lowest BCUT2D eigenvalue weighted by atomic mass is 10.2. The van der Waals surface area contributed by atoms with Gasteiger partial charge in [0.25, 0.3) is 0 Å². The number of esters is 1. The largest absolute Gasteiger partial charge is 0.497 e. The quantitative estimate of drug-likeness (QED) is 0.269. The molecule has 0 radical (unpaired) electrons. The second-order valence-electron chi connectivity index (χ2n) is 6.78. The predicted octanol–water partition coefficient (Wildman–Crippen LogP) is 5.84. The van der Waals surface area contributed by atoms with Gasteiger partial charge >= 0.3 is 5.97 Å². The number of benzene rings is 3. The van der Waals surface area contributed by atoms with Crippen LogP contribution in [-0.4, -0.2) is 25.4 Å². The Labute approximate surface area is 176 Å². The van der Waals surface area contributed by atoms with E-state index in [0.717, 1.165) is 23.4 Å². The monoisotopic (exact) mass is 403 g/mol.